The number of nitrogens with zero attached hydrogens (tertiary/aromatic N) is 3. The molecule has 0 spiro atoms. The summed E-state index contributed by atoms with van der Waals surface area (Å²) in [4.78, 5) is 34.7. The van der Waals surface area contributed by atoms with Crippen LogP contribution in [0.2, 0.25) is 0 Å². The molecule has 0 unspecified atom stereocenters. The minimum absolute atomic E-state index is 0.266. The molecule has 2 aromatic heterocycles. The molecule has 1 atom stereocenters. The van der Waals surface area contributed by atoms with E-state index in [4.69, 9.17) is 13.9 Å². The summed E-state index contributed by atoms with van der Waals surface area (Å²) in [5.41, 5.74) is 1.20. The van der Waals surface area contributed by atoms with Crippen molar-refractivity contribution in [1.29, 1.82) is 0 Å². The second-order valence-electron chi connectivity index (χ2n) is 10.3. The molecule has 39 heavy (non-hydrogen) atoms. The van der Waals surface area contributed by atoms with Crippen LogP contribution in [0.1, 0.15) is 57.9 Å². The van der Waals surface area contributed by atoms with E-state index >= 15 is 0 Å². The molecule has 10 heteroatoms. The number of methoxy groups -OCH3 is 1. The van der Waals surface area contributed by atoms with Crippen molar-refractivity contribution in [2.45, 2.75) is 52.7 Å². The zero-order chi connectivity index (χ0) is 27.8. The summed E-state index contributed by atoms with van der Waals surface area (Å²) in [6.45, 7) is 9.54. The topological polar surface area (TPSA) is 86.3 Å². The Balaban J connectivity index is 1.62. The van der Waals surface area contributed by atoms with Gasteiger partial charge in [-0.15, -0.1) is 0 Å². The van der Waals surface area contributed by atoms with E-state index in [1.54, 1.807) is 38.5 Å². The number of furan rings is 1. The van der Waals surface area contributed by atoms with Crippen LogP contribution in [-0.4, -0.2) is 36.8 Å². The van der Waals surface area contributed by atoms with Crippen LogP contribution in [-0.2, 0) is 9.53 Å². The average molecular weight is 615 g/mol. The van der Waals surface area contributed by atoms with Crippen LogP contribution in [0.5, 0.6) is 5.75 Å². The monoisotopic (exact) mass is 613 g/mol. The summed E-state index contributed by atoms with van der Waals surface area (Å²) in [7, 11) is 1.57. The fraction of sp³-hybridized carbons (Fsp3) is 0.414. The highest BCUT2D eigenvalue weighted by Crippen LogP contribution is 2.37. The minimum Gasteiger partial charge on any atom is -0.496 e. The number of hydrogen-bond acceptors (Lipinski definition) is 8. The van der Waals surface area contributed by atoms with E-state index in [1.165, 1.54) is 11.3 Å². The Bertz CT molecular complexity index is 1610. The fourth-order valence-corrected chi connectivity index (χ4v) is 6.43. The van der Waals surface area contributed by atoms with Crippen molar-refractivity contribution in [3.05, 3.63) is 77.1 Å². The third-order valence-electron chi connectivity index (χ3n) is 7.05. The Morgan fingerprint density at radius 1 is 1.23 bits per heavy atom. The molecule has 0 N–H and O–H groups in total. The van der Waals surface area contributed by atoms with Crippen molar-refractivity contribution >= 4 is 45.2 Å². The third kappa shape index (κ3) is 5.49. The quantitative estimate of drug-likeness (QED) is 0.372. The smallest absolute Gasteiger partial charge is 0.338 e. The van der Waals surface area contributed by atoms with Gasteiger partial charge in [0.25, 0.3) is 5.56 Å². The Morgan fingerprint density at radius 3 is 2.67 bits per heavy atom. The minimum atomic E-state index is -0.774. The molecular weight excluding hydrogens is 582 g/mol. The van der Waals surface area contributed by atoms with Gasteiger partial charge in [0.1, 0.15) is 17.6 Å². The van der Waals surface area contributed by atoms with E-state index < -0.39 is 12.0 Å². The summed E-state index contributed by atoms with van der Waals surface area (Å²) in [5, 5.41) is 0. The number of hydrogen-bond donors (Lipinski definition) is 0. The van der Waals surface area contributed by atoms with Gasteiger partial charge in [-0.1, -0.05) is 34.2 Å². The summed E-state index contributed by atoms with van der Waals surface area (Å²) in [5.74, 6) is 2.17. The van der Waals surface area contributed by atoms with Gasteiger partial charge in [0.15, 0.2) is 10.7 Å². The molecule has 0 radical (unpaired) electrons. The Kier molecular flexibility index (Phi) is 7.87. The van der Waals surface area contributed by atoms with E-state index in [-0.39, 0.29) is 11.7 Å². The third-order valence-corrected chi connectivity index (χ3v) is 8.53. The summed E-state index contributed by atoms with van der Waals surface area (Å²) in [6.07, 6.45) is 3.69. The maximum atomic E-state index is 13.9. The van der Waals surface area contributed by atoms with Crippen LogP contribution in [0.25, 0.3) is 6.08 Å². The number of allylic oxidation sites excluding steroid dienone is 1. The number of rotatable bonds is 6. The van der Waals surface area contributed by atoms with E-state index in [0.29, 0.717) is 37.7 Å². The van der Waals surface area contributed by atoms with Crippen molar-refractivity contribution in [3.8, 4) is 5.75 Å². The number of benzene rings is 1. The molecule has 1 fully saturated rings. The van der Waals surface area contributed by atoms with Crippen LogP contribution < -0.4 is 24.5 Å². The van der Waals surface area contributed by atoms with E-state index in [9.17, 15) is 9.59 Å². The van der Waals surface area contributed by atoms with Gasteiger partial charge >= 0.3 is 5.97 Å². The first-order chi connectivity index (χ1) is 18.7. The van der Waals surface area contributed by atoms with Crippen molar-refractivity contribution in [1.82, 2.24) is 4.57 Å². The molecule has 2 aliphatic rings. The molecular formula is C29H32BrN3O5S. The molecule has 3 aromatic rings. The lowest BCUT2D eigenvalue weighted by molar-refractivity contribution is -0.143. The van der Waals surface area contributed by atoms with Crippen molar-refractivity contribution in [3.63, 3.8) is 0 Å². The van der Waals surface area contributed by atoms with Crippen LogP contribution in [0.4, 0.5) is 5.88 Å². The average Bonchev–Trinajstić information content (AvgIpc) is 3.47. The van der Waals surface area contributed by atoms with Gasteiger partial charge in [-0.05, 0) is 63.8 Å². The Morgan fingerprint density at radius 2 is 1.97 bits per heavy atom. The Hall–Kier alpha value is -3.11. The number of anilines is 1. The first-order valence-corrected chi connectivity index (χ1v) is 14.7. The summed E-state index contributed by atoms with van der Waals surface area (Å²) >= 11 is 4.80. The molecule has 0 amide bonds. The second-order valence-corrected chi connectivity index (χ2v) is 12.2. The predicted octanol–water partition coefficient (Wildman–Crippen LogP) is 4.79. The molecule has 5 rings (SSSR count). The number of carbonyl (C=O) groups is 1. The summed E-state index contributed by atoms with van der Waals surface area (Å²) in [6, 6.07) is 8.59. The number of halogens is 1. The zero-order valence-electron chi connectivity index (χ0n) is 22.7. The number of piperidine rings is 1. The highest BCUT2D eigenvalue weighted by Gasteiger charge is 2.35. The first-order valence-electron chi connectivity index (χ1n) is 13.1. The van der Waals surface area contributed by atoms with E-state index in [0.717, 1.165) is 42.2 Å². The van der Waals surface area contributed by atoms with Gasteiger partial charge in [-0.25, -0.2) is 9.79 Å². The number of thiazole rings is 1. The maximum absolute atomic E-state index is 13.9. The van der Waals surface area contributed by atoms with Crippen LogP contribution in [0.3, 0.4) is 0 Å². The van der Waals surface area contributed by atoms with Crippen LogP contribution in [0, 0.1) is 5.92 Å². The molecule has 2 aliphatic heterocycles. The number of carbonyl (C=O) groups excluding carboxylic acids is 1. The molecule has 0 aliphatic carbocycles. The number of esters is 1. The molecule has 8 nitrogen and oxygen atoms in total. The lowest BCUT2D eigenvalue weighted by Crippen LogP contribution is -2.40. The van der Waals surface area contributed by atoms with Gasteiger partial charge in [-0.3, -0.25) is 9.36 Å². The molecule has 4 heterocycles. The number of ether oxygens (including phenoxy) is 2. The molecule has 0 saturated carbocycles. The van der Waals surface area contributed by atoms with Crippen LogP contribution >= 0.6 is 27.3 Å². The van der Waals surface area contributed by atoms with Gasteiger partial charge in [0.2, 0.25) is 0 Å². The van der Waals surface area contributed by atoms with Gasteiger partial charge in [0.05, 0.1) is 29.0 Å². The summed E-state index contributed by atoms with van der Waals surface area (Å²) < 4.78 is 20.2. The first kappa shape index (κ1) is 27.5. The molecule has 206 valence electrons. The largest absolute Gasteiger partial charge is 0.496 e. The normalized spacial score (nSPS) is 18.4. The number of aromatic nitrogens is 1. The predicted molar refractivity (Wildman–Crippen MR) is 155 cm³/mol. The van der Waals surface area contributed by atoms with Gasteiger partial charge in [-0.2, -0.15) is 0 Å². The fourth-order valence-electron chi connectivity index (χ4n) is 5.02. The Labute approximate surface area is 239 Å². The van der Waals surface area contributed by atoms with Crippen molar-refractivity contribution in [2.24, 2.45) is 10.9 Å². The molecule has 1 saturated heterocycles. The van der Waals surface area contributed by atoms with Gasteiger partial charge < -0.3 is 18.8 Å². The van der Waals surface area contributed by atoms with Gasteiger partial charge in [0, 0.05) is 35.3 Å². The zero-order valence-corrected chi connectivity index (χ0v) is 25.1. The van der Waals surface area contributed by atoms with E-state index in [2.05, 4.69) is 32.7 Å². The maximum Gasteiger partial charge on any atom is 0.338 e. The lowest BCUT2D eigenvalue weighted by Gasteiger charge is -2.29. The molecule has 1 aromatic carbocycles. The van der Waals surface area contributed by atoms with Crippen molar-refractivity contribution in [2.75, 3.05) is 25.1 Å². The molecule has 0 bridgehead atoms. The van der Waals surface area contributed by atoms with E-state index in [1.807, 2.05) is 30.3 Å². The standard InChI is InChI=1S/C29H32BrN3O5S/c1-16(2)37-28(35)25-18(4)31-29-33(26(25)21-14-19(30)6-8-22(21)36-5)27(34)23(39-29)15-20-7-9-24(38-20)32-12-10-17(3)11-13-32/h6-9,14-17,26H,10-13H2,1-5H3/b23-15-/t26-/m0/s1. The van der Waals surface area contributed by atoms with Crippen molar-refractivity contribution < 1.29 is 18.7 Å². The van der Waals surface area contributed by atoms with Crippen LogP contribution in [0.15, 0.2) is 60.3 Å². The highest BCUT2D eigenvalue weighted by atomic mass is 79.9. The SMILES string of the molecule is COc1ccc(Br)cc1[C@H]1C(C(=O)OC(C)C)=C(C)N=c2s/c(=C\c3ccc(N4CCC(C)CC4)o3)c(=O)n21. The highest BCUT2D eigenvalue weighted by molar-refractivity contribution is 9.10. The number of fused-ring (bicyclic) bond motifs is 1. The lowest BCUT2D eigenvalue weighted by atomic mass is 9.95. The second kappa shape index (κ2) is 11.2.